The van der Waals surface area contributed by atoms with E-state index >= 15 is 8.78 Å². The molecule has 5 heteroatoms. The van der Waals surface area contributed by atoms with Crippen molar-refractivity contribution >= 4 is 5.78 Å². The van der Waals surface area contributed by atoms with Crippen LogP contribution < -0.4 is 0 Å². The Morgan fingerprint density at radius 3 is 2.58 bits per heavy atom. The molecule has 0 bridgehead atoms. The van der Waals surface area contributed by atoms with E-state index in [1.54, 1.807) is 12.2 Å². The maximum Gasteiger partial charge on any atom is 0.157 e. The molecule has 0 amide bonds. The van der Waals surface area contributed by atoms with Crippen LogP contribution in [0.25, 0.3) is 0 Å². The summed E-state index contributed by atoms with van der Waals surface area (Å²) in [6.45, 7) is 15.1. The number of aliphatic hydroxyl groups is 1. The molecule has 38 heavy (non-hydrogen) atoms. The van der Waals surface area contributed by atoms with Gasteiger partial charge in [0.05, 0.1) is 0 Å². The fraction of sp³-hybridized carbons (Fsp3) is 0.606. The van der Waals surface area contributed by atoms with Gasteiger partial charge in [-0.1, -0.05) is 44.8 Å². The van der Waals surface area contributed by atoms with E-state index in [4.69, 9.17) is 0 Å². The van der Waals surface area contributed by atoms with Gasteiger partial charge >= 0.3 is 0 Å². The van der Waals surface area contributed by atoms with Crippen molar-refractivity contribution in [3.8, 4) is 11.8 Å². The minimum atomic E-state index is -1.24. The molecule has 0 unspecified atom stereocenters. The van der Waals surface area contributed by atoms with Gasteiger partial charge in [0, 0.05) is 42.5 Å². The predicted octanol–water partition coefficient (Wildman–Crippen LogP) is 7.37. The molecule has 3 nitrogen and oxygen atoms in total. The highest BCUT2D eigenvalue weighted by atomic mass is 19.2. The highest BCUT2D eigenvalue weighted by molar-refractivity contribution is 5.93. The standard InChI is InChI=1S/C33H43F2NO2/c1-7-23(36(8-2)9-3)19-29(34)31(35)27-20-32(6)28(15-17-33(32,38)16-14-21(4)5)26-12-10-22-18-24(37)11-13-25(22)30(26)27/h7,18-19,21,26-28,38H,1,8-13,15,17,20H2,2-6H3/b23-19+,31-29+/t26-,27-,28-,32-,33-/m0/s1. The van der Waals surface area contributed by atoms with Crippen molar-refractivity contribution in [1.82, 2.24) is 4.90 Å². The largest absolute Gasteiger partial charge is 0.377 e. The molecule has 4 aliphatic rings. The van der Waals surface area contributed by atoms with Gasteiger partial charge in [0.2, 0.25) is 0 Å². The topological polar surface area (TPSA) is 40.5 Å². The second kappa shape index (κ2) is 11.0. The number of fused-ring (bicyclic) bond motifs is 4. The van der Waals surface area contributed by atoms with Crippen molar-refractivity contribution in [2.45, 2.75) is 85.2 Å². The average Bonchev–Trinajstić information content (AvgIpc) is 3.16. The lowest BCUT2D eigenvalue weighted by Crippen LogP contribution is -2.51. The molecule has 2 fully saturated rings. The molecule has 4 aliphatic carbocycles. The summed E-state index contributed by atoms with van der Waals surface area (Å²) in [4.78, 5) is 14.1. The molecular formula is C33H43F2NO2. The Balaban J connectivity index is 1.88. The molecule has 0 aromatic rings. The summed E-state index contributed by atoms with van der Waals surface area (Å²) in [6, 6.07) is 0. The van der Waals surface area contributed by atoms with E-state index in [2.05, 4.69) is 18.4 Å². The van der Waals surface area contributed by atoms with Gasteiger partial charge in [-0.2, -0.15) is 0 Å². The summed E-state index contributed by atoms with van der Waals surface area (Å²) >= 11 is 0. The number of allylic oxidation sites excluding steroid dienone is 8. The molecule has 0 aliphatic heterocycles. The molecule has 1 N–H and O–H groups in total. The number of hydrogen-bond acceptors (Lipinski definition) is 3. The second-order valence-electron chi connectivity index (χ2n) is 12.0. The molecule has 4 rings (SSSR count). The van der Waals surface area contributed by atoms with Crippen LogP contribution in [0.1, 0.15) is 79.6 Å². The first kappa shape index (κ1) is 28.6. The molecule has 0 saturated heterocycles. The van der Waals surface area contributed by atoms with E-state index in [1.165, 1.54) is 6.08 Å². The molecule has 0 heterocycles. The van der Waals surface area contributed by atoms with E-state index in [0.717, 1.165) is 36.0 Å². The minimum Gasteiger partial charge on any atom is -0.377 e. The quantitative estimate of drug-likeness (QED) is 0.292. The first-order valence-corrected chi connectivity index (χ1v) is 14.4. The molecule has 0 aromatic heterocycles. The number of hydrogen-bond donors (Lipinski definition) is 1. The van der Waals surface area contributed by atoms with Crippen molar-refractivity contribution < 1.29 is 18.7 Å². The molecule has 2 saturated carbocycles. The van der Waals surface area contributed by atoms with Crippen LogP contribution in [0.3, 0.4) is 0 Å². The molecule has 0 aromatic carbocycles. The second-order valence-corrected chi connectivity index (χ2v) is 12.0. The van der Waals surface area contributed by atoms with E-state index in [0.29, 0.717) is 44.5 Å². The van der Waals surface area contributed by atoms with Crippen molar-refractivity contribution in [2.24, 2.45) is 29.1 Å². The third-order valence-corrected chi connectivity index (χ3v) is 9.60. The van der Waals surface area contributed by atoms with Crippen LogP contribution in [0, 0.1) is 40.9 Å². The smallest absolute Gasteiger partial charge is 0.157 e. The Kier molecular flexibility index (Phi) is 8.24. The Morgan fingerprint density at radius 1 is 1.24 bits per heavy atom. The van der Waals surface area contributed by atoms with Gasteiger partial charge in [-0.15, -0.1) is 0 Å². The van der Waals surface area contributed by atoms with Gasteiger partial charge in [0.15, 0.2) is 11.6 Å². The van der Waals surface area contributed by atoms with Crippen molar-refractivity contribution in [3.63, 3.8) is 0 Å². The van der Waals surface area contributed by atoms with Crippen LogP contribution in [0.15, 0.2) is 58.9 Å². The summed E-state index contributed by atoms with van der Waals surface area (Å²) in [7, 11) is 0. The highest BCUT2D eigenvalue weighted by Gasteiger charge is 2.63. The molecular weight excluding hydrogens is 480 g/mol. The fourth-order valence-electron chi connectivity index (χ4n) is 7.60. The number of ketones is 1. The van der Waals surface area contributed by atoms with E-state index in [1.807, 2.05) is 39.5 Å². The molecule has 206 valence electrons. The van der Waals surface area contributed by atoms with Gasteiger partial charge in [0.1, 0.15) is 11.4 Å². The molecule has 0 radical (unpaired) electrons. The molecule has 5 atom stereocenters. The first-order chi connectivity index (χ1) is 18.0. The van der Waals surface area contributed by atoms with Crippen LogP contribution in [0.2, 0.25) is 0 Å². The Labute approximate surface area is 227 Å². The Hall–Kier alpha value is -2.45. The predicted molar refractivity (Wildman–Crippen MR) is 149 cm³/mol. The first-order valence-electron chi connectivity index (χ1n) is 14.4. The fourth-order valence-corrected chi connectivity index (χ4v) is 7.60. The van der Waals surface area contributed by atoms with Crippen LogP contribution in [0.5, 0.6) is 0 Å². The maximum absolute atomic E-state index is 16.4. The zero-order valence-corrected chi connectivity index (χ0v) is 23.7. The van der Waals surface area contributed by atoms with Crippen molar-refractivity contribution in [1.29, 1.82) is 0 Å². The monoisotopic (exact) mass is 523 g/mol. The number of likely N-dealkylation sites (N-methyl/N-ethyl adjacent to an activating group) is 1. The van der Waals surface area contributed by atoms with Gasteiger partial charge in [-0.3, -0.25) is 4.79 Å². The van der Waals surface area contributed by atoms with Crippen LogP contribution >= 0.6 is 0 Å². The highest BCUT2D eigenvalue weighted by Crippen LogP contribution is 2.66. The number of carbonyl (C=O) groups is 1. The Morgan fingerprint density at radius 2 is 1.95 bits per heavy atom. The van der Waals surface area contributed by atoms with Crippen molar-refractivity contribution in [2.75, 3.05) is 13.1 Å². The van der Waals surface area contributed by atoms with E-state index in [9.17, 15) is 9.90 Å². The SMILES string of the molecule is C=C/C(=C\C(F)=C(/F)[C@H]1C[C@@]2(C)[C@@H](CC[C@@]2(O)C#CC(C)C)[C@@H]2CCC3=CC(=O)CCC3=C21)N(CC)CC. The van der Waals surface area contributed by atoms with Gasteiger partial charge in [0.25, 0.3) is 0 Å². The van der Waals surface area contributed by atoms with Gasteiger partial charge in [-0.05, 0) is 93.6 Å². The summed E-state index contributed by atoms with van der Waals surface area (Å²) in [5.74, 6) is 4.29. The number of rotatable bonds is 6. The lowest BCUT2D eigenvalue weighted by molar-refractivity contribution is -0.114. The lowest BCUT2D eigenvalue weighted by Gasteiger charge is -2.53. The van der Waals surface area contributed by atoms with Crippen LogP contribution in [0.4, 0.5) is 8.78 Å². The molecule has 0 spiro atoms. The van der Waals surface area contributed by atoms with E-state index in [-0.39, 0.29) is 23.5 Å². The zero-order valence-electron chi connectivity index (χ0n) is 23.7. The normalized spacial score (nSPS) is 33.5. The third kappa shape index (κ3) is 4.86. The number of nitrogens with zero attached hydrogens (tertiary/aromatic N) is 1. The average molecular weight is 524 g/mol. The summed E-state index contributed by atoms with van der Waals surface area (Å²) in [5.41, 5.74) is 1.65. The summed E-state index contributed by atoms with van der Waals surface area (Å²) in [5, 5.41) is 11.9. The number of halogens is 2. The number of carbonyl (C=O) groups excluding carboxylic acids is 1. The summed E-state index contributed by atoms with van der Waals surface area (Å²) < 4.78 is 32.2. The Bertz CT molecular complexity index is 1180. The van der Waals surface area contributed by atoms with Crippen molar-refractivity contribution in [3.05, 3.63) is 58.9 Å². The van der Waals surface area contributed by atoms with E-state index < -0.39 is 28.6 Å². The van der Waals surface area contributed by atoms with Gasteiger partial charge < -0.3 is 10.0 Å². The minimum absolute atomic E-state index is 0.0400. The third-order valence-electron chi connectivity index (χ3n) is 9.60. The van der Waals surface area contributed by atoms with Gasteiger partial charge in [-0.25, -0.2) is 8.78 Å². The van der Waals surface area contributed by atoms with Crippen LogP contribution in [-0.2, 0) is 4.79 Å². The maximum atomic E-state index is 16.4. The lowest BCUT2D eigenvalue weighted by atomic mass is 9.52. The van der Waals surface area contributed by atoms with Crippen LogP contribution in [-0.4, -0.2) is 34.5 Å². The summed E-state index contributed by atoms with van der Waals surface area (Å²) in [6.07, 6.45) is 8.71. The zero-order chi connectivity index (χ0) is 27.8.